The quantitative estimate of drug-likeness (QED) is 0.470. The fourth-order valence-electron chi connectivity index (χ4n) is 3.45. The maximum atomic E-state index is 12.6. The molecule has 0 spiro atoms. The van der Waals surface area contributed by atoms with Gasteiger partial charge < -0.3 is 19.4 Å². The summed E-state index contributed by atoms with van der Waals surface area (Å²) in [7, 11) is 1.63. The second kappa shape index (κ2) is 9.30. The SMILES string of the molecule is COc1cccc(OCCn2c(C(C)NC(=O)c3ccncc3)nc3ccccc32)c1. The molecular formula is C24H24N4O3. The molecule has 1 amide bonds. The van der Waals surface area contributed by atoms with Gasteiger partial charge in [0.1, 0.15) is 23.9 Å². The third-order valence-corrected chi connectivity index (χ3v) is 4.99. The Labute approximate surface area is 180 Å². The number of amides is 1. The van der Waals surface area contributed by atoms with E-state index in [1.54, 1.807) is 31.6 Å². The first-order valence-corrected chi connectivity index (χ1v) is 10.1. The highest BCUT2D eigenvalue weighted by Crippen LogP contribution is 2.22. The molecule has 0 aliphatic heterocycles. The van der Waals surface area contributed by atoms with Crippen LogP contribution in [0.1, 0.15) is 29.1 Å². The van der Waals surface area contributed by atoms with Gasteiger partial charge in [0, 0.05) is 24.0 Å². The van der Waals surface area contributed by atoms with Crippen molar-refractivity contribution in [1.82, 2.24) is 19.9 Å². The van der Waals surface area contributed by atoms with Gasteiger partial charge in [0.15, 0.2) is 0 Å². The zero-order chi connectivity index (χ0) is 21.6. The summed E-state index contributed by atoms with van der Waals surface area (Å²) in [4.78, 5) is 21.3. The standard InChI is InChI=1S/C24H24N4O3/c1-17(26-24(29)18-10-12-25-13-11-18)23-27-21-8-3-4-9-22(21)28(23)14-15-31-20-7-5-6-19(16-20)30-2/h3-13,16-17H,14-15H2,1-2H3,(H,26,29). The maximum absolute atomic E-state index is 12.6. The van der Waals surface area contributed by atoms with Crippen molar-refractivity contribution in [3.63, 3.8) is 0 Å². The lowest BCUT2D eigenvalue weighted by atomic mass is 10.2. The van der Waals surface area contributed by atoms with Gasteiger partial charge in [0.05, 0.1) is 30.7 Å². The van der Waals surface area contributed by atoms with Crippen LogP contribution in [-0.2, 0) is 6.54 Å². The monoisotopic (exact) mass is 416 g/mol. The van der Waals surface area contributed by atoms with Gasteiger partial charge in [-0.1, -0.05) is 18.2 Å². The third kappa shape index (κ3) is 4.66. The molecule has 0 saturated carbocycles. The van der Waals surface area contributed by atoms with E-state index in [1.807, 2.05) is 55.5 Å². The Morgan fingerprint density at radius 2 is 1.84 bits per heavy atom. The molecule has 2 aromatic carbocycles. The Kier molecular flexibility index (Phi) is 6.12. The summed E-state index contributed by atoms with van der Waals surface area (Å²) in [6.07, 6.45) is 3.20. The van der Waals surface area contributed by atoms with Crippen molar-refractivity contribution in [2.24, 2.45) is 0 Å². The van der Waals surface area contributed by atoms with Gasteiger partial charge in [-0.15, -0.1) is 0 Å². The van der Waals surface area contributed by atoms with Crippen LogP contribution in [0.2, 0.25) is 0 Å². The largest absolute Gasteiger partial charge is 0.497 e. The minimum absolute atomic E-state index is 0.166. The average molecular weight is 416 g/mol. The van der Waals surface area contributed by atoms with Crippen LogP contribution >= 0.6 is 0 Å². The summed E-state index contributed by atoms with van der Waals surface area (Å²) >= 11 is 0. The van der Waals surface area contributed by atoms with Crippen molar-refractivity contribution in [1.29, 1.82) is 0 Å². The first-order chi connectivity index (χ1) is 15.2. The number of carbonyl (C=O) groups is 1. The molecule has 0 bridgehead atoms. The Balaban J connectivity index is 1.53. The van der Waals surface area contributed by atoms with Crippen LogP contribution in [0.5, 0.6) is 11.5 Å². The van der Waals surface area contributed by atoms with Gasteiger partial charge >= 0.3 is 0 Å². The predicted molar refractivity (Wildman–Crippen MR) is 118 cm³/mol. The summed E-state index contributed by atoms with van der Waals surface area (Å²) in [5.74, 6) is 2.10. The zero-order valence-electron chi connectivity index (χ0n) is 17.5. The number of carbonyl (C=O) groups excluding carboxylic acids is 1. The first kappa shape index (κ1) is 20.4. The highest BCUT2D eigenvalue weighted by atomic mass is 16.5. The molecule has 4 aromatic rings. The van der Waals surface area contributed by atoms with Crippen molar-refractivity contribution in [2.45, 2.75) is 19.5 Å². The highest BCUT2D eigenvalue weighted by Gasteiger charge is 2.19. The van der Waals surface area contributed by atoms with Crippen LogP contribution < -0.4 is 14.8 Å². The summed E-state index contributed by atoms with van der Waals surface area (Å²) in [6, 6.07) is 18.5. The highest BCUT2D eigenvalue weighted by molar-refractivity contribution is 5.94. The number of benzene rings is 2. The number of methoxy groups -OCH3 is 1. The summed E-state index contributed by atoms with van der Waals surface area (Å²) in [6.45, 7) is 2.97. The minimum atomic E-state index is -0.287. The van der Waals surface area contributed by atoms with Crippen LogP contribution in [0.3, 0.4) is 0 Å². The average Bonchev–Trinajstić information content (AvgIpc) is 3.18. The first-order valence-electron chi connectivity index (χ1n) is 10.1. The van der Waals surface area contributed by atoms with E-state index < -0.39 is 0 Å². The number of imidazole rings is 1. The molecule has 4 rings (SSSR count). The van der Waals surface area contributed by atoms with E-state index >= 15 is 0 Å². The van der Waals surface area contributed by atoms with Gasteiger partial charge in [-0.2, -0.15) is 0 Å². The number of fused-ring (bicyclic) bond motifs is 1. The zero-order valence-corrected chi connectivity index (χ0v) is 17.5. The number of pyridine rings is 1. The van der Waals surface area contributed by atoms with Crippen LogP contribution in [-0.4, -0.2) is 34.2 Å². The lowest BCUT2D eigenvalue weighted by molar-refractivity contribution is 0.0937. The molecule has 1 unspecified atom stereocenters. The maximum Gasteiger partial charge on any atom is 0.251 e. The summed E-state index contributed by atoms with van der Waals surface area (Å²) < 4.78 is 13.3. The van der Waals surface area contributed by atoms with Gasteiger partial charge in [0.25, 0.3) is 5.91 Å². The fourth-order valence-corrected chi connectivity index (χ4v) is 3.45. The number of para-hydroxylation sites is 2. The van der Waals surface area contributed by atoms with E-state index in [2.05, 4.69) is 14.9 Å². The molecule has 158 valence electrons. The van der Waals surface area contributed by atoms with Gasteiger partial charge in [-0.05, 0) is 43.3 Å². The summed E-state index contributed by atoms with van der Waals surface area (Å²) in [5, 5.41) is 3.03. The number of rotatable bonds is 8. The number of hydrogen-bond donors (Lipinski definition) is 1. The molecule has 2 aromatic heterocycles. The van der Waals surface area contributed by atoms with Gasteiger partial charge in [-0.25, -0.2) is 4.98 Å². The van der Waals surface area contributed by atoms with Crippen molar-refractivity contribution < 1.29 is 14.3 Å². The molecule has 1 N–H and O–H groups in total. The molecule has 0 radical (unpaired) electrons. The lowest BCUT2D eigenvalue weighted by Crippen LogP contribution is -2.29. The van der Waals surface area contributed by atoms with E-state index in [-0.39, 0.29) is 11.9 Å². The van der Waals surface area contributed by atoms with E-state index in [4.69, 9.17) is 14.5 Å². The molecule has 1 atom stereocenters. The normalized spacial score (nSPS) is 11.8. The van der Waals surface area contributed by atoms with Crippen molar-refractivity contribution in [3.05, 3.63) is 84.4 Å². The molecule has 2 heterocycles. The van der Waals surface area contributed by atoms with E-state index in [0.717, 1.165) is 28.4 Å². The Morgan fingerprint density at radius 3 is 2.65 bits per heavy atom. The number of nitrogens with one attached hydrogen (secondary N) is 1. The van der Waals surface area contributed by atoms with Crippen LogP contribution in [0.15, 0.2) is 73.1 Å². The lowest BCUT2D eigenvalue weighted by Gasteiger charge is -2.17. The summed E-state index contributed by atoms with van der Waals surface area (Å²) in [5.41, 5.74) is 2.44. The number of hydrogen-bond acceptors (Lipinski definition) is 5. The second-order valence-electron chi connectivity index (χ2n) is 7.07. The number of aromatic nitrogens is 3. The van der Waals surface area contributed by atoms with Crippen molar-refractivity contribution in [3.8, 4) is 11.5 Å². The van der Waals surface area contributed by atoms with Crippen LogP contribution in [0, 0.1) is 0 Å². The smallest absolute Gasteiger partial charge is 0.251 e. The van der Waals surface area contributed by atoms with E-state index in [9.17, 15) is 4.79 Å². The van der Waals surface area contributed by atoms with Crippen molar-refractivity contribution >= 4 is 16.9 Å². The molecule has 0 aliphatic rings. The van der Waals surface area contributed by atoms with E-state index in [1.165, 1.54) is 0 Å². The minimum Gasteiger partial charge on any atom is -0.497 e. The molecule has 0 fully saturated rings. The van der Waals surface area contributed by atoms with Gasteiger partial charge in [-0.3, -0.25) is 9.78 Å². The molecule has 31 heavy (non-hydrogen) atoms. The second-order valence-corrected chi connectivity index (χ2v) is 7.07. The van der Waals surface area contributed by atoms with Gasteiger partial charge in [0.2, 0.25) is 0 Å². The third-order valence-electron chi connectivity index (χ3n) is 4.99. The van der Waals surface area contributed by atoms with Crippen molar-refractivity contribution in [2.75, 3.05) is 13.7 Å². The Morgan fingerprint density at radius 1 is 1.06 bits per heavy atom. The Hall–Kier alpha value is -3.87. The molecular weight excluding hydrogens is 392 g/mol. The fraction of sp³-hybridized carbons (Fsp3) is 0.208. The Bertz CT molecular complexity index is 1170. The van der Waals surface area contributed by atoms with Crippen LogP contribution in [0.25, 0.3) is 11.0 Å². The predicted octanol–water partition coefficient (Wildman–Crippen LogP) is 4.01. The molecule has 7 nitrogen and oxygen atoms in total. The molecule has 7 heteroatoms. The topological polar surface area (TPSA) is 78.3 Å². The number of nitrogens with zero attached hydrogens (tertiary/aromatic N) is 3. The molecule has 0 saturated heterocycles. The number of ether oxygens (including phenoxy) is 2. The van der Waals surface area contributed by atoms with Crippen LogP contribution in [0.4, 0.5) is 0 Å². The van der Waals surface area contributed by atoms with E-state index in [0.29, 0.717) is 18.7 Å². The molecule has 0 aliphatic carbocycles.